The second kappa shape index (κ2) is 4.69. The van der Waals surface area contributed by atoms with Gasteiger partial charge < -0.3 is 11.1 Å². The third kappa shape index (κ3) is 2.44. The van der Waals surface area contributed by atoms with Crippen LogP contribution in [0.5, 0.6) is 0 Å². The Morgan fingerprint density at radius 2 is 2.12 bits per heavy atom. The number of hydrogen-bond acceptors (Lipinski definition) is 4. The molecule has 1 heterocycles. The van der Waals surface area contributed by atoms with Crippen molar-refractivity contribution in [3.05, 3.63) is 35.7 Å². The van der Waals surface area contributed by atoms with Gasteiger partial charge in [0.15, 0.2) is 5.82 Å². The maximum Gasteiger partial charge on any atom is 0.224 e. The Labute approximate surface area is 100.0 Å². The van der Waals surface area contributed by atoms with Crippen molar-refractivity contribution in [2.24, 2.45) is 7.05 Å². The summed E-state index contributed by atoms with van der Waals surface area (Å²) in [5.74, 6) is 1.52. The molecule has 0 aliphatic rings. The average molecular weight is 229 g/mol. The minimum atomic E-state index is 0.734. The van der Waals surface area contributed by atoms with E-state index in [1.807, 2.05) is 55.1 Å². The molecule has 0 aliphatic heterocycles. The first-order chi connectivity index (χ1) is 8.20. The number of hydrogen-bond donors (Lipinski definition) is 2. The van der Waals surface area contributed by atoms with E-state index in [2.05, 4.69) is 15.5 Å². The topological polar surface area (TPSA) is 68.8 Å². The van der Waals surface area contributed by atoms with Crippen molar-refractivity contribution in [1.82, 2.24) is 14.8 Å². The number of benzene rings is 1. The molecular weight excluding hydrogens is 214 g/mol. The monoisotopic (exact) mass is 229 g/mol. The molecule has 0 amide bonds. The minimum Gasteiger partial charge on any atom is -0.399 e. The standard InChI is InChI=1S/C12H15N5/c1-14-12-16-15-11(17(12)2)7-6-9-4-3-5-10(13)8-9/h3-8H,13H2,1-2H3,(H,14,16)/b7-6+. The minimum absolute atomic E-state index is 0.734. The SMILES string of the molecule is CNc1nnc(/C=C/c2cccc(N)c2)n1C. The Hall–Kier alpha value is -2.30. The van der Waals surface area contributed by atoms with Crippen LogP contribution in [0.4, 0.5) is 11.6 Å². The van der Waals surface area contributed by atoms with E-state index in [0.717, 1.165) is 23.0 Å². The van der Waals surface area contributed by atoms with Crippen molar-refractivity contribution < 1.29 is 0 Å². The van der Waals surface area contributed by atoms with E-state index in [1.54, 1.807) is 0 Å². The van der Waals surface area contributed by atoms with Gasteiger partial charge in [-0.25, -0.2) is 0 Å². The lowest BCUT2D eigenvalue weighted by molar-refractivity contribution is 0.902. The normalized spacial score (nSPS) is 10.9. The van der Waals surface area contributed by atoms with Crippen molar-refractivity contribution in [3.63, 3.8) is 0 Å². The number of nitrogen functional groups attached to an aromatic ring is 1. The van der Waals surface area contributed by atoms with E-state index in [-0.39, 0.29) is 0 Å². The van der Waals surface area contributed by atoms with Gasteiger partial charge in [0.05, 0.1) is 0 Å². The van der Waals surface area contributed by atoms with Crippen molar-refractivity contribution in [2.75, 3.05) is 18.1 Å². The second-order valence-corrected chi connectivity index (χ2v) is 3.69. The van der Waals surface area contributed by atoms with Crippen molar-refractivity contribution >= 4 is 23.8 Å². The first kappa shape index (κ1) is 11.2. The molecule has 88 valence electrons. The molecule has 1 aromatic carbocycles. The number of nitrogens with one attached hydrogen (secondary N) is 1. The zero-order chi connectivity index (χ0) is 12.3. The van der Waals surface area contributed by atoms with Crippen molar-refractivity contribution in [3.8, 4) is 0 Å². The van der Waals surface area contributed by atoms with Gasteiger partial charge in [-0.3, -0.25) is 4.57 Å². The first-order valence-corrected chi connectivity index (χ1v) is 5.31. The first-order valence-electron chi connectivity index (χ1n) is 5.31. The molecule has 0 fully saturated rings. The largest absolute Gasteiger partial charge is 0.399 e. The van der Waals surface area contributed by atoms with Crippen molar-refractivity contribution in [2.45, 2.75) is 0 Å². The van der Waals surface area contributed by atoms with Crippen LogP contribution < -0.4 is 11.1 Å². The maximum atomic E-state index is 5.71. The fraction of sp³-hybridized carbons (Fsp3) is 0.167. The Balaban J connectivity index is 2.23. The predicted molar refractivity (Wildman–Crippen MR) is 70.3 cm³/mol. The third-order valence-electron chi connectivity index (χ3n) is 2.47. The molecular formula is C12H15N5. The van der Waals surface area contributed by atoms with Crippen LogP contribution in [-0.2, 0) is 7.05 Å². The van der Waals surface area contributed by atoms with Crippen LogP contribution in [0.3, 0.4) is 0 Å². The zero-order valence-corrected chi connectivity index (χ0v) is 9.88. The lowest BCUT2D eigenvalue weighted by atomic mass is 10.2. The molecule has 0 saturated carbocycles. The molecule has 0 bridgehead atoms. The van der Waals surface area contributed by atoms with E-state index < -0.39 is 0 Å². The summed E-state index contributed by atoms with van der Waals surface area (Å²) in [6.45, 7) is 0. The molecule has 0 spiro atoms. The summed E-state index contributed by atoms with van der Waals surface area (Å²) in [5, 5.41) is 11.0. The summed E-state index contributed by atoms with van der Waals surface area (Å²) in [5.41, 5.74) is 7.50. The zero-order valence-electron chi connectivity index (χ0n) is 9.88. The van der Waals surface area contributed by atoms with Gasteiger partial charge in [-0.15, -0.1) is 10.2 Å². The lowest BCUT2D eigenvalue weighted by Crippen LogP contribution is -1.99. The van der Waals surface area contributed by atoms with Crippen LogP contribution in [0, 0.1) is 0 Å². The summed E-state index contributed by atoms with van der Waals surface area (Å²) in [6, 6.07) is 7.68. The molecule has 0 saturated heterocycles. The van der Waals surface area contributed by atoms with E-state index in [4.69, 9.17) is 5.73 Å². The fourth-order valence-corrected chi connectivity index (χ4v) is 1.54. The van der Waals surface area contributed by atoms with Crippen molar-refractivity contribution in [1.29, 1.82) is 0 Å². The molecule has 1 aromatic heterocycles. The van der Waals surface area contributed by atoms with Crippen LogP contribution >= 0.6 is 0 Å². The number of nitrogens with two attached hydrogens (primary N) is 1. The number of aromatic nitrogens is 3. The van der Waals surface area contributed by atoms with Gasteiger partial charge in [-0.2, -0.15) is 0 Å². The van der Waals surface area contributed by atoms with Gasteiger partial charge in [-0.05, 0) is 23.8 Å². The highest BCUT2D eigenvalue weighted by Crippen LogP contribution is 2.11. The van der Waals surface area contributed by atoms with Crippen LogP contribution in [0.25, 0.3) is 12.2 Å². The van der Waals surface area contributed by atoms with E-state index in [9.17, 15) is 0 Å². The Bertz CT molecular complexity index is 542. The number of nitrogens with zero attached hydrogens (tertiary/aromatic N) is 3. The van der Waals surface area contributed by atoms with Gasteiger partial charge in [0.1, 0.15) is 0 Å². The molecule has 17 heavy (non-hydrogen) atoms. The summed E-state index contributed by atoms with van der Waals surface area (Å²) < 4.78 is 1.88. The second-order valence-electron chi connectivity index (χ2n) is 3.69. The number of rotatable bonds is 3. The predicted octanol–water partition coefficient (Wildman–Crippen LogP) is 1.61. The van der Waals surface area contributed by atoms with Crippen LogP contribution in [0.15, 0.2) is 24.3 Å². The number of anilines is 2. The van der Waals surface area contributed by atoms with E-state index >= 15 is 0 Å². The molecule has 0 atom stereocenters. The molecule has 0 radical (unpaired) electrons. The van der Waals surface area contributed by atoms with Gasteiger partial charge in [-0.1, -0.05) is 18.2 Å². The van der Waals surface area contributed by atoms with Gasteiger partial charge in [0, 0.05) is 19.8 Å². The molecule has 5 heteroatoms. The molecule has 0 aliphatic carbocycles. The summed E-state index contributed by atoms with van der Waals surface area (Å²) >= 11 is 0. The average Bonchev–Trinajstić information content (AvgIpc) is 2.67. The Kier molecular flexibility index (Phi) is 3.09. The van der Waals surface area contributed by atoms with Gasteiger partial charge in [0.2, 0.25) is 5.95 Å². The van der Waals surface area contributed by atoms with Crippen LogP contribution in [-0.4, -0.2) is 21.8 Å². The molecule has 0 unspecified atom stereocenters. The molecule has 3 N–H and O–H groups in total. The van der Waals surface area contributed by atoms with Gasteiger partial charge in [0.25, 0.3) is 0 Å². The molecule has 2 aromatic rings. The quantitative estimate of drug-likeness (QED) is 0.784. The summed E-state index contributed by atoms with van der Waals surface area (Å²) in [6.07, 6.45) is 3.86. The maximum absolute atomic E-state index is 5.71. The fourth-order valence-electron chi connectivity index (χ4n) is 1.54. The van der Waals surface area contributed by atoms with Gasteiger partial charge >= 0.3 is 0 Å². The summed E-state index contributed by atoms with van der Waals surface area (Å²) in [4.78, 5) is 0. The highest BCUT2D eigenvalue weighted by Gasteiger charge is 2.02. The lowest BCUT2D eigenvalue weighted by Gasteiger charge is -1.99. The third-order valence-corrected chi connectivity index (χ3v) is 2.47. The van der Waals surface area contributed by atoms with E-state index in [1.165, 1.54) is 0 Å². The molecule has 2 rings (SSSR count). The highest BCUT2D eigenvalue weighted by atomic mass is 15.3. The summed E-state index contributed by atoms with van der Waals surface area (Å²) in [7, 11) is 3.72. The van der Waals surface area contributed by atoms with E-state index in [0.29, 0.717) is 0 Å². The Morgan fingerprint density at radius 3 is 2.76 bits per heavy atom. The Morgan fingerprint density at radius 1 is 1.29 bits per heavy atom. The highest BCUT2D eigenvalue weighted by molar-refractivity contribution is 5.68. The van der Waals surface area contributed by atoms with Crippen LogP contribution in [0.2, 0.25) is 0 Å². The van der Waals surface area contributed by atoms with Crippen LogP contribution in [0.1, 0.15) is 11.4 Å². The molecule has 5 nitrogen and oxygen atoms in total. The smallest absolute Gasteiger partial charge is 0.224 e.